The lowest BCUT2D eigenvalue weighted by molar-refractivity contribution is -0.113. The number of nitrogens with zero attached hydrogens (tertiary/aromatic N) is 1. The van der Waals surface area contributed by atoms with Crippen LogP contribution in [0, 0.1) is 5.82 Å². The summed E-state index contributed by atoms with van der Waals surface area (Å²) in [5, 5.41) is 3.99. The van der Waals surface area contributed by atoms with Crippen molar-refractivity contribution in [2.75, 3.05) is 12.0 Å². The van der Waals surface area contributed by atoms with Gasteiger partial charge in [-0.15, -0.1) is 0 Å². The predicted octanol–water partition coefficient (Wildman–Crippen LogP) is 5.98. The van der Waals surface area contributed by atoms with Gasteiger partial charge in [0, 0.05) is 5.56 Å². The highest BCUT2D eigenvalue weighted by Gasteiger charge is 2.32. The lowest BCUT2D eigenvalue weighted by atomic mass is 10.1. The lowest BCUT2D eigenvalue weighted by Crippen LogP contribution is -2.30. The average molecular weight is 503 g/mol. The highest BCUT2D eigenvalue weighted by atomic mass is 35.5. The van der Waals surface area contributed by atoms with Gasteiger partial charge >= 0.3 is 0 Å². The summed E-state index contributed by atoms with van der Waals surface area (Å²) in [7, 11) is 1.53. The van der Waals surface area contributed by atoms with Crippen LogP contribution in [0.5, 0.6) is 11.5 Å². The van der Waals surface area contributed by atoms with Crippen LogP contribution in [0.15, 0.2) is 66.4 Å². The molecule has 33 heavy (non-hydrogen) atoms. The minimum atomic E-state index is -0.403. The van der Waals surface area contributed by atoms with Crippen LogP contribution in [0.1, 0.15) is 11.1 Å². The second kappa shape index (κ2) is 9.79. The van der Waals surface area contributed by atoms with Crippen molar-refractivity contribution in [1.29, 1.82) is 0 Å². The van der Waals surface area contributed by atoms with Crippen molar-refractivity contribution in [3.8, 4) is 11.5 Å². The van der Waals surface area contributed by atoms with Gasteiger partial charge in [0.2, 0.25) is 0 Å². The number of amides is 1. The Morgan fingerprint density at radius 2 is 1.85 bits per heavy atom. The molecule has 0 aromatic heterocycles. The number of carbonyl (C=O) groups is 1. The number of para-hydroxylation sites is 1. The number of rotatable bonds is 6. The van der Waals surface area contributed by atoms with Gasteiger partial charge in [0.15, 0.2) is 16.6 Å². The van der Waals surface area contributed by atoms with Gasteiger partial charge in [-0.1, -0.05) is 41.4 Å². The molecule has 0 aliphatic carbocycles. The Labute approximate surface area is 205 Å². The molecule has 4 rings (SSSR count). The van der Waals surface area contributed by atoms with Crippen molar-refractivity contribution < 1.29 is 18.7 Å². The van der Waals surface area contributed by atoms with Crippen LogP contribution in [0.2, 0.25) is 10.0 Å². The summed E-state index contributed by atoms with van der Waals surface area (Å²) in [5.41, 5.74) is 2.13. The number of nitrogens with one attached hydrogen (secondary N) is 1. The second-order valence-electron chi connectivity index (χ2n) is 7.02. The van der Waals surface area contributed by atoms with Gasteiger partial charge in [0.25, 0.3) is 5.91 Å². The number of hydrogen-bond donors (Lipinski definition) is 1. The molecule has 3 aromatic rings. The highest BCUT2D eigenvalue weighted by molar-refractivity contribution is 7.80. The molecule has 0 bridgehead atoms. The highest BCUT2D eigenvalue weighted by Crippen LogP contribution is 2.34. The Hall–Kier alpha value is -3.13. The van der Waals surface area contributed by atoms with Crippen LogP contribution in [-0.2, 0) is 11.4 Å². The van der Waals surface area contributed by atoms with Gasteiger partial charge < -0.3 is 14.8 Å². The third-order valence-corrected chi connectivity index (χ3v) is 5.88. The lowest BCUT2D eigenvalue weighted by Gasteiger charge is -2.14. The molecule has 168 valence electrons. The van der Waals surface area contributed by atoms with E-state index in [0.29, 0.717) is 32.8 Å². The molecule has 0 atom stereocenters. The monoisotopic (exact) mass is 502 g/mol. The molecule has 9 heteroatoms. The molecule has 0 unspecified atom stereocenters. The third-order valence-electron chi connectivity index (χ3n) is 4.86. The fraction of sp³-hybridized carbons (Fsp3) is 0.0833. The largest absolute Gasteiger partial charge is 0.493 e. The third kappa shape index (κ3) is 4.95. The van der Waals surface area contributed by atoms with Crippen LogP contribution in [-0.4, -0.2) is 18.1 Å². The minimum Gasteiger partial charge on any atom is -0.493 e. The van der Waals surface area contributed by atoms with E-state index in [0.717, 1.165) is 5.56 Å². The standard InChI is InChI=1S/C24H17Cl2FN2O3S/c1-31-21-4-2-3-15(22(21)32-13-14-5-10-18(25)19(26)11-14)12-20-23(30)29(24(33)28-20)17-8-6-16(27)7-9-17/h2-12H,13H2,1H3,(H,28,33)/b20-12+. The normalized spacial score (nSPS) is 14.5. The Bertz CT molecular complexity index is 1270. The number of carbonyl (C=O) groups excluding carboxylic acids is 1. The van der Waals surface area contributed by atoms with E-state index in [-0.39, 0.29) is 23.3 Å². The van der Waals surface area contributed by atoms with Crippen LogP contribution >= 0.6 is 35.4 Å². The summed E-state index contributed by atoms with van der Waals surface area (Å²) in [6.45, 7) is 0.203. The van der Waals surface area contributed by atoms with Crippen molar-refractivity contribution in [3.05, 3.63) is 93.4 Å². The van der Waals surface area contributed by atoms with Crippen molar-refractivity contribution in [1.82, 2.24) is 5.32 Å². The molecule has 1 heterocycles. The zero-order chi connectivity index (χ0) is 23.5. The van der Waals surface area contributed by atoms with Crippen LogP contribution < -0.4 is 19.7 Å². The number of hydrogen-bond acceptors (Lipinski definition) is 4. The molecule has 0 spiro atoms. The summed E-state index contributed by atoms with van der Waals surface area (Å²) < 4.78 is 24.8. The van der Waals surface area contributed by atoms with Crippen LogP contribution in [0.25, 0.3) is 6.08 Å². The summed E-state index contributed by atoms with van der Waals surface area (Å²) >= 11 is 17.4. The summed E-state index contributed by atoms with van der Waals surface area (Å²) in [6.07, 6.45) is 1.63. The Morgan fingerprint density at radius 1 is 1.09 bits per heavy atom. The average Bonchev–Trinajstić information content (AvgIpc) is 3.08. The van der Waals surface area contributed by atoms with Crippen molar-refractivity contribution in [2.24, 2.45) is 0 Å². The molecule has 1 aliphatic rings. The molecular formula is C24H17Cl2FN2O3S. The van der Waals surface area contributed by atoms with E-state index < -0.39 is 5.82 Å². The van der Waals surface area contributed by atoms with Crippen molar-refractivity contribution >= 4 is 58.2 Å². The van der Waals surface area contributed by atoms with Gasteiger partial charge in [0.05, 0.1) is 22.8 Å². The summed E-state index contributed by atoms with van der Waals surface area (Å²) in [5.74, 6) is 0.164. The second-order valence-corrected chi connectivity index (χ2v) is 8.22. The van der Waals surface area contributed by atoms with E-state index in [1.165, 1.54) is 36.3 Å². The summed E-state index contributed by atoms with van der Waals surface area (Å²) in [4.78, 5) is 14.3. The fourth-order valence-electron chi connectivity index (χ4n) is 3.26. The first kappa shape index (κ1) is 23.0. The van der Waals surface area contributed by atoms with Gasteiger partial charge in [-0.2, -0.15) is 0 Å². The maximum absolute atomic E-state index is 13.3. The predicted molar refractivity (Wildman–Crippen MR) is 131 cm³/mol. The topological polar surface area (TPSA) is 50.8 Å². The SMILES string of the molecule is COc1cccc(/C=C2/NC(=S)N(c3ccc(F)cc3)C2=O)c1OCc1ccc(Cl)c(Cl)c1. The number of anilines is 1. The maximum Gasteiger partial charge on any atom is 0.281 e. The Balaban J connectivity index is 1.63. The molecule has 0 saturated carbocycles. The number of thiocarbonyl (C=S) groups is 1. The van der Waals surface area contributed by atoms with E-state index in [4.69, 9.17) is 44.9 Å². The van der Waals surface area contributed by atoms with E-state index >= 15 is 0 Å². The fourth-order valence-corrected chi connectivity index (χ4v) is 3.88. The molecule has 3 aromatic carbocycles. The molecular weight excluding hydrogens is 486 g/mol. The quantitative estimate of drug-likeness (QED) is 0.331. The molecule has 1 saturated heterocycles. The molecule has 1 N–H and O–H groups in total. The molecule has 0 radical (unpaired) electrons. The van der Waals surface area contributed by atoms with Crippen LogP contribution in [0.3, 0.4) is 0 Å². The van der Waals surface area contributed by atoms with Gasteiger partial charge in [0.1, 0.15) is 18.1 Å². The number of benzene rings is 3. The van der Waals surface area contributed by atoms with Crippen molar-refractivity contribution in [2.45, 2.75) is 6.61 Å². The van der Waals surface area contributed by atoms with Gasteiger partial charge in [-0.25, -0.2) is 4.39 Å². The van der Waals surface area contributed by atoms with E-state index in [1.807, 2.05) is 6.07 Å². The van der Waals surface area contributed by atoms with Crippen LogP contribution in [0.4, 0.5) is 10.1 Å². The zero-order valence-electron chi connectivity index (χ0n) is 17.3. The number of ether oxygens (including phenoxy) is 2. The number of halogens is 3. The number of methoxy groups -OCH3 is 1. The minimum absolute atomic E-state index is 0.194. The van der Waals surface area contributed by atoms with E-state index in [2.05, 4.69) is 5.32 Å². The summed E-state index contributed by atoms with van der Waals surface area (Å²) in [6, 6.07) is 16.1. The Kier molecular flexibility index (Phi) is 6.83. The zero-order valence-corrected chi connectivity index (χ0v) is 19.6. The molecule has 1 aliphatic heterocycles. The van der Waals surface area contributed by atoms with Crippen molar-refractivity contribution in [3.63, 3.8) is 0 Å². The first-order valence-electron chi connectivity index (χ1n) is 9.74. The smallest absolute Gasteiger partial charge is 0.281 e. The Morgan fingerprint density at radius 3 is 2.55 bits per heavy atom. The first-order chi connectivity index (χ1) is 15.9. The van der Waals surface area contributed by atoms with Gasteiger partial charge in [-0.05, 0) is 66.3 Å². The first-order valence-corrected chi connectivity index (χ1v) is 10.9. The molecule has 5 nitrogen and oxygen atoms in total. The molecule has 1 amide bonds. The van der Waals surface area contributed by atoms with E-state index in [1.54, 1.807) is 36.4 Å². The molecule has 1 fully saturated rings. The van der Waals surface area contributed by atoms with Gasteiger partial charge in [-0.3, -0.25) is 9.69 Å². The van der Waals surface area contributed by atoms with E-state index in [9.17, 15) is 9.18 Å². The maximum atomic E-state index is 13.3.